The van der Waals surface area contributed by atoms with Crippen molar-refractivity contribution in [3.63, 3.8) is 0 Å². The number of hydrogen-bond acceptors (Lipinski definition) is 2. The van der Waals surface area contributed by atoms with Crippen LogP contribution in [0, 0.1) is 0 Å². The van der Waals surface area contributed by atoms with E-state index in [1.807, 2.05) is 11.8 Å². The van der Waals surface area contributed by atoms with E-state index in [2.05, 4.69) is 5.32 Å². The first-order valence-corrected chi connectivity index (χ1v) is 4.46. The fourth-order valence-electron chi connectivity index (χ4n) is 0.954. The average Bonchev–Trinajstić information content (AvgIpc) is 2.34. The first-order valence-electron chi connectivity index (χ1n) is 3.30. The van der Waals surface area contributed by atoms with E-state index in [1.165, 1.54) is 17.9 Å². The minimum Gasteiger partial charge on any atom is -0.311 e. The maximum atomic E-state index is 11.6. The first-order chi connectivity index (χ1) is 4.43. The summed E-state index contributed by atoms with van der Waals surface area (Å²) in [4.78, 5) is 0. The van der Waals surface area contributed by atoms with Crippen molar-refractivity contribution in [2.75, 3.05) is 24.7 Å². The standard InChI is InChI=1S/C6H12FNS/c7-2-3-8-6-1-4-9-5-6/h6,8H,1-5H2. The van der Waals surface area contributed by atoms with Crippen molar-refractivity contribution in [3.8, 4) is 0 Å². The van der Waals surface area contributed by atoms with Crippen LogP contribution in [0.4, 0.5) is 4.39 Å². The van der Waals surface area contributed by atoms with Gasteiger partial charge < -0.3 is 5.32 Å². The van der Waals surface area contributed by atoms with Crippen molar-refractivity contribution in [1.29, 1.82) is 0 Å². The molecule has 1 N–H and O–H groups in total. The quantitative estimate of drug-likeness (QED) is 0.643. The molecule has 0 aromatic carbocycles. The van der Waals surface area contributed by atoms with Crippen molar-refractivity contribution >= 4 is 11.8 Å². The van der Waals surface area contributed by atoms with Crippen LogP contribution in [0.15, 0.2) is 0 Å². The van der Waals surface area contributed by atoms with Gasteiger partial charge in [-0.2, -0.15) is 11.8 Å². The number of alkyl halides is 1. The van der Waals surface area contributed by atoms with Gasteiger partial charge in [0.1, 0.15) is 6.67 Å². The second-order valence-corrected chi connectivity index (χ2v) is 3.35. The van der Waals surface area contributed by atoms with Gasteiger partial charge in [0.25, 0.3) is 0 Å². The Morgan fingerprint density at radius 2 is 2.56 bits per heavy atom. The molecule has 0 saturated carbocycles. The zero-order valence-electron chi connectivity index (χ0n) is 5.40. The van der Waals surface area contributed by atoms with E-state index in [9.17, 15) is 4.39 Å². The second kappa shape index (κ2) is 4.12. The molecule has 0 radical (unpaired) electrons. The number of nitrogens with one attached hydrogen (secondary N) is 1. The summed E-state index contributed by atoms with van der Waals surface area (Å²) in [6.45, 7) is 0.298. The smallest absolute Gasteiger partial charge is 0.102 e. The van der Waals surface area contributed by atoms with Crippen molar-refractivity contribution in [2.45, 2.75) is 12.5 Å². The molecule has 1 nitrogen and oxygen atoms in total. The fraction of sp³-hybridized carbons (Fsp3) is 1.00. The van der Waals surface area contributed by atoms with E-state index in [0.717, 1.165) is 0 Å². The summed E-state index contributed by atoms with van der Waals surface area (Å²) in [5, 5.41) is 3.14. The lowest BCUT2D eigenvalue weighted by Crippen LogP contribution is -2.30. The third kappa shape index (κ3) is 2.54. The predicted octanol–water partition coefficient (Wildman–Crippen LogP) is 1.05. The second-order valence-electron chi connectivity index (χ2n) is 2.20. The van der Waals surface area contributed by atoms with Gasteiger partial charge in [-0.25, -0.2) is 4.39 Å². The molecule has 1 fully saturated rings. The molecule has 1 aliphatic rings. The normalized spacial score (nSPS) is 27.0. The number of hydrogen-bond donors (Lipinski definition) is 1. The molecule has 0 aliphatic carbocycles. The van der Waals surface area contributed by atoms with Gasteiger partial charge in [-0.3, -0.25) is 0 Å². The van der Waals surface area contributed by atoms with Crippen molar-refractivity contribution in [2.24, 2.45) is 0 Å². The molecule has 1 unspecified atom stereocenters. The molecule has 1 saturated heterocycles. The van der Waals surface area contributed by atoms with E-state index >= 15 is 0 Å². The molecule has 1 atom stereocenters. The summed E-state index contributed by atoms with van der Waals surface area (Å²) in [5.74, 6) is 2.41. The Balaban J connectivity index is 1.98. The highest BCUT2D eigenvalue weighted by atomic mass is 32.2. The van der Waals surface area contributed by atoms with Gasteiger partial charge in [0.2, 0.25) is 0 Å². The van der Waals surface area contributed by atoms with Gasteiger partial charge in [0.15, 0.2) is 0 Å². The van der Waals surface area contributed by atoms with Gasteiger partial charge in [-0.1, -0.05) is 0 Å². The maximum absolute atomic E-state index is 11.6. The minimum atomic E-state index is -0.235. The summed E-state index contributed by atoms with van der Waals surface area (Å²) in [5.41, 5.74) is 0. The van der Waals surface area contributed by atoms with Crippen LogP contribution in [-0.2, 0) is 0 Å². The summed E-state index contributed by atoms with van der Waals surface area (Å²) in [7, 11) is 0. The van der Waals surface area contributed by atoms with Gasteiger partial charge in [0, 0.05) is 18.3 Å². The first kappa shape index (κ1) is 7.35. The summed E-state index contributed by atoms with van der Waals surface area (Å²) < 4.78 is 11.6. The Morgan fingerprint density at radius 1 is 1.67 bits per heavy atom. The van der Waals surface area contributed by atoms with Crippen molar-refractivity contribution in [3.05, 3.63) is 0 Å². The molecule has 0 spiro atoms. The van der Waals surface area contributed by atoms with E-state index in [1.54, 1.807) is 0 Å². The van der Waals surface area contributed by atoms with E-state index < -0.39 is 0 Å². The van der Waals surface area contributed by atoms with Crippen molar-refractivity contribution < 1.29 is 4.39 Å². The van der Waals surface area contributed by atoms with Gasteiger partial charge in [0.05, 0.1) is 0 Å². The molecule has 0 aromatic rings. The Kier molecular flexibility index (Phi) is 3.36. The van der Waals surface area contributed by atoms with Crippen LogP contribution in [0.1, 0.15) is 6.42 Å². The predicted molar refractivity (Wildman–Crippen MR) is 39.7 cm³/mol. The summed E-state index contributed by atoms with van der Waals surface area (Å²) >= 11 is 1.95. The third-order valence-corrected chi connectivity index (χ3v) is 2.62. The van der Waals surface area contributed by atoms with E-state index in [-0.39, 0.29) is 6.67 Å². The highest BCUT2D eigenvalue weighted by Crippen LogP contribution is 2.16. The molecular weight excluding hydrogens is 137 g/mol. The van der Waals surface area contributed by atoms with Crippen LogP contribution < -0.4 is 5.32 Å². The van der Waals surface area contributed by atoms with Crippen LogP contribution in [0.3, 0.4) is 0 Å². The minimum absolute atomic E-state index is 0.235. The van der Waals surface area contributed by atoms with Crippen molar-refractivity contribution in [1.82, 2.24) is 5.32 Å². The molecular formula is C6H12FNS. The number of thioether (sulfide) groups is 1. The molecule has 0 aromatic heterocycles. The SMILES string of the molecule is FCCNC1CCSC1. The lowest BCUT2D eigenvalue weighted by Gasteiger charge is -2.07. The average molecular weight is 149 g/mol. The topological polar surface area (TPSA) is 12.0 Å². The molecule has 0 bridgehead atoms. The lowest BCUT2D eigenvalue weighted by atomic mass is 10.3. The van der Waals surface area contributed by atoms with Crippen LogP contribution in [0.5, 0.6) is 0 Å². The Labute approximate surface area is 59.4 Å². The Hall–Kier alpha value is 0.240. The molecule has 0 amide bonds. The molecule has 1 rings (SSSR count). The molecule has 1 aliphatic heterocycles. The van der Waals surface area contributed by atoms with Crippen LogP contribution in [0.2, 0.25) is 0 Å². The number of rotatable bonds is 3. The molecule has 3 heteroatoms. The zero-order chi connectivity index (χ0) is 6.53. The van der Waals surface area contributed by atoms with Gasteiger partial charge in [-0.05, 0) is 12.2 Å². The molecule has 54 valence electrons. The Morgan fingerprint density at radius 3 is 3.11 bits per heavy atom. The van der Waals surface area contributed by atoms with Crippen LogP contribution in [-0.4, -0.2) is 30.8 Å². The molecule has 9 heavy (non-hydrogen) atoms. The maximum Gasteiger partial charge on any atom is 0.102 e. The lowest BCUT2D eigenvalue weighted by molar-refractivity contribution is 0.442. The molecule has 1 heterocycles. The zero-order valence-corrected chi connectivity index (χ0v) is 6.22. The van der Waals surface area contributed by atoms with Gasteiger partial charge >= 0.3 is 0 Å². The van der Waals surface area contributed by atoms with Gasteiger partial charge in [-0.15, -0.1) is 0 Å². The summed E-state index contributed by atoms with van der Waals surface area (Å²) in [6, 6.07) is 0.589. The van der Waals surface area contributed by atoms with E-state index in [4.69, 9.17) is 0 Å². The Bertz CT molecular complexity index is 73.5. The van der Waals surface area contributed by atoms with E-state index in [0.29, 0.717) is 12.6 Å². The highest BCUT2D eigenvalue weighted by Gasteiger charge is 2.13. The monoisotopic (exact) mass is 149 g/mol. The van der Waals surface area contributed by atoms with Crippen LogP contribution >= 0.6 is 11.8 Å². The fourth-order valence-corrected chi connectivity index (χ4v) is 2.14. The third-order valence-electron chi connectivity index (χ3n) is 1.46. The van der Waals surface area contributed by atoms with Crippen LogP contribution in [0.25, 0.3) is 0 Å². The summed E-state index contributed by atoms with van der Waals surface area (Å²) in [6.07, 6.45) is 1.21. The highest BCUT2D eigenvalue weighted by molar-refractivity contribution is 7.99. The largest absolute Gasteiger partial charge is 0.311 e. The number of halogens is 1.